The molecule has 0 aromatic carbocycles. The fraction of sp³-hybridized carbons (Fsp3) is 0.800. The molecule has 1 aliphatic rings. The van der Waals surface area contributed by atoms with Crippen molar-refractivity contribution in [1.82, 2.24) is 15.1 Å². The monoisotopic (exact) mass is 245 g/mol. The lowest BCUT2D eigenvalue weighted by Crippen LogP contribution is -2.29. The van der Waals surface area contributed by atoms with Crippen LogP contribution in [0.5, 0.6) is 0 Å². The van der Waals surface area contributed by atoms with Crippen LogP contribution in [0.4, 0.5) is 0 Å². The molecule has 0 spiro atoms. The van der Waals surface area contributed by atoms with Gasteiger partial charge in [0.2, 0.25) is 4.47 Å². The number of halogens is 1. The van der Waals surface area contributed by atoms with Gasteiger partial charge in [0.25, 0.3) is 0 Å². The second-order valence-corrected chi connectivity index (χ2v) is 6.15. The van der Waals surface area contributed by atoms with Gasteiger partial charge >= 0.3 is 0 Å². The maximum atomic E-state index is 5.77. The van der Waals surface area contributed by atoms with E-state index in [1.54, 1.807) is 0 Å². The van der Waals surface area contributed by atoms with Gasteiger partial charge in [-0.3, -0.25) is 4.90 Å². The summed E-state index contributed by atoms with van der Waals surface area (Å²) in [5.74, 6) is 0.703. The number of nitrogens with zero attached hydrogens (tertiary/aromatic N) is 3. The molecule has 0 radical (unpaired) electrons. The van der Waals surface area contributed by atoms with Crippen molar-refractivity contribution >= 4 is 22.9 Å². The topological polar surface area (TPSA) is 29.0 Å². The van der Waals surface area contributed by atoms with E-state index >= 15 is 0 Å². The molecule has 3 nitrogen and oxygen atoms in total. The Morgan fingerprint density at radius 2 is 2.20 bits per heavy atom. The average Bonchev–Trinajstić information content (AvgIpc) is 2.90. The highest BCUT2D eigenvalue weighted by Crippen LogP contribution is 2.29. The van der Waals surface area contributed by atoms with Gasteiger partial charge in [-0.05, 0) is 30.4 Å². The molecule has 1 aromatic rings. The lowest BCUT2D eigenvalue weighted by molar-refractivity contribution is 0.225. The van der Waals surface area contributed by atoms with Crippen LogP contribution in [0.15, 0.2) is 0 Å². The molecule has 0 aliphatic heterocycles. The molecule has 0 unspecified atom stereocenters. The van der Waals surface area contributed by atoms with Gasteiger partial charge in [0.15, 0.2) is 0 Å². The van der Waals surface area contributed by atoms with E-state index in [-0.39, 0.29) is 0 Å². The van der Waals surface area contributed by atoms with Crippen molar-refractivity contribution in [3.05, 3.63) is 9.47 Å². The highest BCUT2D eigenvalue weighted by atomic mass is 35.5. The minimum atomic E-state index is 0.547. The molecule has 5 heteroatoms. The Labute approximate surface area is 99.5 Å². The van der Waals surface area contributed by atoms with Crippen LogP contribution in [-0.2, 0) is 6.54 Å². The number of hydrogen-bond donors (Lipinski definition) is 0. The standard InChI is InChI=1S/C10H16ClN3S/c1-7(2)5-14(8-3-4-8)6-9-12-13-10(11)15-9/h7-8H,3-6H2,1-2H3. The van der Waals surface area contributed by atoms with Crippen LogP contribution in [0.25, 0.3) is 0 Å². The van der Waals surface area contributed by atoms with Gasteiger partial charge in [-0.15, -0.1) is 10.2 Å². The lowest BCUT2D eigenvalue weighted by atomic mass is 10.2. The van der Waals surface area contributed by atoms with Gasteiger partial charge in [-0.2, -0.15) is 0 Å². The minimum absolute atomic E-state index is 0.547. The SMILES string of the molecule is CC(C)CN(Cc1nnc(Cl)s1)C1CC1. The van der Waals surface area contributed by atoms with Crippen molar-refractivity contribution in [2.24, 2.45) is 5.92 Å². The Morgan fingerprint density at radius 1 is 1.47 bits per heavy atom. The summed E-state index contributed by atoms with van der Waals surface area (Å²) in [6.45, 7) is 6.56. The molecular weight excluding hydrogens is 230 g/mol. The number of hydrogen-bond acceptors (Lipinski definition) is 4. The predicted octanol–water partition coefficient (Wildman–Crippen LogP) is 2.81. The summed E-state index contributed by atoms with van der Waals surface area (Å²) in [6.07, 6.45) is 2.67. The van der Waals surface area contributed by atoms with E-state index in [4.69, 9.17) is 11.6 Å². The smallest absolute Gasteiger partial charge is 0.207 e. The van der Waals surface area contributed by atoms with Crippen molar-refractivity contribution < 1.29 is 0 Å². The zero-order chi connectivity index (χ0) is 10.8. The van der Waals surface area contributed by atoms with Crippen molar-refractivity contribution in [3.63, 3.8) is 0 Å². The highest BCUT2D eigenvalue weighted by Gasteiger charge is 2.29. The molecule has 0 saturated heterocycles. The second kappa shape index (κ2) is 4.76. The molecule has 1 aromatic heterocycles. The van der Waals surface area contributed by atoms with Gasteiger partial charge < -0.3 is 0 Å². The Kier molecular flexibility index (Phi) is 3.59. The Bertz CT molecular complexity index is 322. The molecular formula is C10H16ClN3S. The van der Waals surface area contributed by atoms with Crippen LogP contribution in [0.2, 0.25) is 4.47 Å². The van der Waals surface area contributed by atoms with Crippen LogP contribution < -0.4 is 0 Å². The average molecular weight is 246 g/mol. The maximum absolute atomic E-state index is 5.77. The van der Waals surface area contributed by atoms with Crippen molar-refractivity contribution in [3.8, 4) is 0 Å². The molecule has 0 N–H and O–H groups in total. The second-order valence-electron chi connectivity index (χ2n) is 4.50. The lowest BCUT2D eigenvalue weighted by Gasteiger charge is -2.22. The molecule has 1 aliphatic carbocycles. The largest absolute Gasteiger partial charge is 0.293 e. The third-order valence-corrected chi connectivity index (χ3v) is 3.45. The summed E-state index contributed by atoms with van der Waals surface area (Å²) in [5, 5.41) is 8.94. The third kappa shape index (κ3) is 3.40. The summed E-state index contributed by atoms with van der Waals surface area (Å²) < 4.78 is 0.547. The number of rotatable bonds is 5. The fourth-order valence-electron chi connectivity index (χ4n) is 1.72. The normalized spacial score (nSPS) is 16.6. The van der Waals surface area contributed by atoms with Gasteiger partial charge in [-0.25, -0.2) is 0 Å². The van der Waals surface area contributed by atoms with E-state index < -0.39 is 0 Å². The molecule has 15 heavy (non-hydrogen) atoms. The summed E-state index contributed by atoms with van der Waals surface area (Å²) in [5.41, 5.74) is 0. The van der Waals surface area contributed by atoms with Gasteiger partial charge in [0.1, 0.15) is 5.01 Å². The summed E-state index contributed by atoms with van der Waals surface area (Å²) >= 11 is 7.26. The molecule has 1 fully saturated rings. The quantitative estimate of drug-likeness (QED) is 0.799. The molecule has 0 amide bonds. The summed E-state index contributed by atoms with van der Waals surface area (Å²) in [7, 11) is 0. The molecule has 1 saturated carbocycles. The van der Waals surface area contributed by atoms with Gasteiger partial charge in [0, 0.05) is 12.6 Å². The molecule has 2 rings (SSSR count). The molecule has 1 heterocycles. The van der Waals surface area contributed by atoms with E-state index in [1.165, 1.54) is 24.2 Å². The van der Waals surface area contributed by atoms with E-state index in [0.717, 1.165) is 24.1 Å². The summed E-state index contributed by atoms with van der Waals surface area (Å²) in [4.78, 5) is 2.50. The zero-order valence-corrected chi connectivity index (χ0v) is 10.7. The maximum Gasteiger partial charge on any atom is 0.207 e. The van der Waals surface area contributed by atoms with Crippen molar-refractivity contribution in [2.75, 3.05) is 6.54 Å². The zero-order valence-electron chi connectivity index (χ0n) is 9.11. The van der Waals surface area contributed by atoms with E-state index in [0.29, 0.717) is 10.4 Å². The highest BCUT2D eigenvalue weighted by molar-refractivity contribution is 7.15. The Balaban J connectivity index is 1.94. The van der Waals surface area contributed by atoms with Gasteiger partial charge in [0.05, 0.1) is 6.54 Å². The summed E-state index contributed by atoms with van der Waals surface area (Å²) in [6, 6.07) is 0.773. The van der Waals surface area contributed by atoms with E-state index in [2.05, 4.69) is 28.9 Å². The molecule has 84 valence electrons. The first kappa shape index (κ1) is 11.3. The van der Waals surface area contributed by atoms with Crippen LogP contribution in [0.1, 0.15) is 31.7 Å². The van der Waals surface area contributed by atoms with Crippen LogP contribution in [-0.4, -0.2) is 27.7 Å². The van der Waals surface area contributed by atoms with E-state index in [9.17, 15) is 0 Å². The Hall–Kier alpha value is -0.190. The van der Waals surface area contributed by atoms with Gasteiger partial charge in [-0.1, -0.05) is 25.2 Å². The van der Waals surface area contributed by atoms with Crippen LogP contribution in [0.3, 0.4) is 0 Å². The molecule has 0 bridgehead atoms. The Morgan fingerprint density at radius 3 is 2.67 bits per heavy atom. The number of aromatic nitrogens is 2. The van der Waals surface area contributed by atoms with Crippen LogP contribution >= 0.6 is 22.9 Å². The first-order chi connectivity index (χ1) is 7.15. The first-order valence-electron chi connectivity index (χ1n) is 5.37. The van der Waals surface area contributed by atoms with Crippen molar-refractivity contribution in [2.45, 2.75) is 39.3 Å². The van der Waals surface area contributed by atoms with Crippen molar-refractivity contribution in [1.29, 1.82) is 0 Å². The minimum Gasteiger partial charge on any atom is -0.293 e. The van der Waals surface area contributed by atoms with Crippen LogP contribution in [0, 0.1) is 5.92 Å². The fourth-order valence-corrected chi connectivity index (χ4v) is 2.62. The van der Waals surface area contributed by atoms with E-state index in [1.807, 2.05) is 0 Å². The first-order valence-corrected chi connectivity index (χ1v) is 6.56. The predicted molar refractivity (Wildman–Crippen MR) is 63.2 cm³/mol. The molecule has 0 atom stereocenters. The third-order valence-electron chi connectivity index (χ3n) is 2.44.